The molecule has 62 valence electrons. The van der Waals surface area contributed by atoms with Crippen LogP contribution in [0.3, 0.4) is 0 Å². The molecule has 0 unspecified atom stereocenters. The van der Waals surface area contributed by atoms with Gasteiger partial charge < -0.3 is 21.7 Å². The summed E-state index contributed by atoms with van der Waals surface area (Å²) >= 11 is 0. The van der Waals surface area contributed by atoms with Gasteiger partial charge >= 0.3 is 0 Å². The van der Waals surface area contributed by atoms with E-state index in [1.165, 1.54) is 0 Å². The molecule has 9 heavy (non-hydrogen) atoms. The molecular formula is C4H14N2O2Pt. The molecule has 0 saturated carbocycles. The first-order chi connectivity index (χ1) is 3.83. The Labute approximate surface area is 69.5 Å². The number of hydrogen-bond acceptors (Lipinski definition) is 4. The number of rotatable bonds is 2. The zero-order valence-electron chi connectivity index (χ0n) is 5.19. The van der Waals surface area contributed by atoms with Crippen molar-refractivity contribution in [2.24, 2.45) is 11.5 Å². The molecule has 0 aliphatic carbocycles. The molecule has 0 aliphatic rings. The summed E-state index contributed by atoms with van der Waals surface area (Å²) in [6.07, 6.45) is 0. The molecule has 4 nitrogen and oxygen atoms in total. The minimum absolute atomic E-state index is 0. The zero-order chi connectivity index (χ0) is 6.83. The van der Waals surface area contributed by atoms with Crippen LogP contribution in [-0.4, -0.2) is 36.5 Å². The maximum atomic E-state index is 7.75. The third kappa shape index (κ3) is 56.9. The van der Waals surface area contributed by atoms with Crippen molar-refractivity contribution in [1.29, 1.82) is 0 Å². The number of aliphatic hydroxyl groups excluding tert-OH is 2. The topological polar surface area (TPSA) is 92.5 Å². The molecule has 0 radical (unpaired) electrons. The van der Waals surface area contributed by atoms with E-state index >= 15 is 0 Å². The summed E-state index contributed by atoms with van der Waals surface area (Å²) in [5.74, 6) is 0. The van der Waals surface area contributed by atoms with Crippen LogP contribution in [-0.2, 0) is 21.1 Å². The van der Waals surface area contributed by atoms with Crippen LogP contribution in [0.1, 0.15) is 0 Å². The van der Waals surface area contributed by atoms with Crippen molar-refractivity contribution in [2.75, 3.05) is 26.3 Å². The third-order valence-corrected chi connectivity index (χ3v) is 0.258. The average Bonchev–Trinajstić information content (AvgIpc) is 1.88. The van der Waals surface area contributed by atoms with E-state index in [9.17, 15) is 0 Å². The van der Waals surface area contributed by atoms with Gasteiger partial charge in [-0.1, -0.05) is 0 Å². The van der Waals surface area contributed by atoms with Gasteiger partial charge in [0.05, 0.1) is 13.2 Å². The molecule has 0 spiro atoms. The quantitative estimate of drug-likeness (QED) is 0.468. The van der Waals surface area contributed by atoms with E-state index in [4.69, 9.17) is 21.7 Å². The summed E-state index contributed by atoms with van der Waals surface area (Å²) in [6.45, 7) is 0.944. The van der Waals surface area contributed by atoms with Crippen LogP contribution >= 0.6 is 0 Å². The van der Waals surface area contributed by atoms with Gasteiger partial charge in [0.2, 0.25) is 0 Å². The fraction of sp³-hybridized carbons (Fsp3) is 1.00. The third-order valence-electron chi connectivity index (χ3n) is 0.258. The van der Waals surface area contributed by atoms with Crippen LogP contribution in [0.5, 0.6) is 0 Å². The largest absolute Gasteiger partial charge is 0.395 e. The van der Waals surface area contributed by atoms with Gasteiger partial charge in [-0.3, -0.25) is 0 Å². The van der Waals surface area contributed by atoms with Crippen molar-refractivity contribution < 1.29 is 31.3 Å². The molecule has 0 bridgehead atoms. The first kappa shape index (κ1) is 16.3. The van der Waals surface area contributed by atoms with E-state index in [-0.39, 0.29) is 34.3 Å². The second kappa shape index (κ2) is 23.6. The average molecular weight is 317 g/mol. The first-order valence-electron chi connectivity index (χ1n) is 2.45. The molecule has 0 heterocycles. The van der Waals surface area contributed by atoms with Crippen molar-refractivity contribution in [2.45, 2.75) is 0 Å². The Morgan fingerprint density at radius 3 is 1.00 bits per heavy atom. The first-order valence-corrected chi connectivity index (χ1v) is 2.45. The standard InChI is InChI=1S/2C2H7NO.Pt/c2*3-1-2-4;/h2*4H,1-3H2;. The van der Waals surface area contributed by atoms with Gasteiger partial charge in [0, 0.05) is 34.2 Å². The Kier molecular flexibility index (Phi) is 42.6. The maximum Gasteiger partial charge on any atom is 0.0553 e. The van der Waals surface area contributed by atoms with Gasteiger partial charge in [-0.2, -0.15) is 0 Å². The Balaban J connectivity index is -0.0000000720. The Hall–Kier alpha value is 0.528. The Bertz CT molecular complexity index is 24.5. The predicted molar refractivity (Wildman–Crippen MR) is 32.3 cm³/mol. The van der Waals surface area contributed by atoms with E-state index in [0.29, 0.717) is 13.1 Å². The van der Waals surface area contributed by atoms with Gasteiger partial charge in [0.1, 0.15) is 0 Å². The van der Waals surface area contributed by atoms with Crippen LogP contribution in [0.25, 0.3) is 0 Å². The van der Waals surface area contributed by atoms with Crippen molar-refractivity contribution in [3.8, 4) is 0 Å². The van der Waals surface area contributed by atoms with Crippen molar-refractivity contribution in [3.05, 3.63) is 0 Å². The van der Waals surface area contributed by atoms with E-state index in [0.717, 1.165) is 0 Å². The monoisotopic (exact) mass is 317 g/mol. The minimum atomic E-state index is 0. The molecule has 0 aromatic heterocycles. The molecule has 0 aromatic rings. The molecule has 0 aromatic carbocycles. The summed E-state index contributed by atoms with van der Waals surface area (Å²) in [4.78, 5) is 0. The number of hydrogen-bond donors (Lipinski definition) is 4. The molecule has 0 amide bonds. The second-order valence-electron chi connectivity index (χ2n) is 1.02. The van der Waals surface area contributed by atoms with Gasteiger partial charge in [0.15, 0.2) is 0 Å². The molecule has 6 N–H and O–H groups in total. The van der Waals surface area contributed by atoms with Gasteiger partial charge in [-0.15, -0.1) is 0 Å². The van der Waals surface area contributed by atoms with Crippen molar-refractivity contribution in [1.82, 2.24) is 0 Å². The van der Waals surface area contributed by atoms with Gasteiger partial charge in [-0.05, 0) is 0 Å². The Morgan fingerprint density at radius 2 is 1.00 bits per heavy atom. The zero-order valence-corrected chi connectivity index (χ0v) is 7.47. The molecule has 0 aliphatic heterocycles. The molecule has 0 atom stereocenters. The molecule has 0 saturated heterocycles. The Morgan fingerprint density at radius 1 is 0.889 bits per heavy atom. The van der Waals surface area contributed by atoms with E-state index in [1.54, 1.807) is 0 Å². The molecule has 0 rings (SSSR count). The molecule has 5 heteroatoms. The summed E-state index contributed by atoms with van der Waals surface area (Å²) in [7, 11) is 0. The maximum absolute atomic E-state index is 7.75. The summed E-state index contributed by atoms with van der Waals surface area (Å²) < 4.78 is 0. The predicted octanol–water partition coefficient (Wildman–Crippen LogP) is -2.13. The molecule has 0 fully saturated rings. The SMILES string of the molecule is NCCO.NCCO.[Pt]. The van der Waals surface area contributed by atoms with Crippen molar-refractivity contribution in [3.63, 3.8) is 0 Å². The normalized spacial score (nSPS) is 6.67. The fourth-order valence-electron chi connectivity index (χ4n) is 0. The van der Waals surface area contributed by atoms with Gasteiger partial charge in [-0.25, -0.2) is 0 Å². The smallest absolute Gasteiger partial charge is 0.0553 e. The second-order valence-corrected chi connectivity index (χ2v) is 1.02. The van der Waals surface area contributed by atoms with Gasteiger partial charge in [0.25, 0.3) is 0 Å². The number of aliphatic hydroxyl groups is 2. The summed E-state index contributed by atoms with van der Waals surface area (Å²) in [6, 6.07) is 0. The van der Waals surface area contributed by atoms with Crippen LogP contribution in [0.4, 0.5) is 0 Å². The van der Waals surface area contributed by atoms with Crippen LogP contribution in [0.15, 0.2) is 0 Å². The fourth-order valence-corrected chi connectivity index (χ4v) is 0. The van der Waals surface area contributed by atoms with Crippen molar-refractivity contribution >= 4 is 0 Å². The molecular weight excluding hydrogens is 303 g/mol. The van der Waals surface area contributed by atoms with Crippen LogP contribution < -0.4 is 11.5 Å². The van der Waals surface area contributed by atoms with Crippen LogP contribution in [0, 0.1) is 0 Å². The minimum Gasteiger partial charge on any atom is -0.395 e. The summed E-state index contributed by atoms with van der Waals surface area (Å²) in [5, 5.41) is 15.5. The van der Waals surface area contributed by atoms with E-state index in [1.807, 2.05) is 0 Å². The van der Waals surface area contributed by atoms with Crippen LogP contribution in [0.2, 0.25) is 0 Å². The van der Waals surface area contributed by atoms with E-state index in [2.05, 4.69) is 0 Å². The summed E-state index contributed by atoms with van der Waals surface area (Å²) in [5.41, 5.74) is 9.56. The van der Waals surface area contributed by atoms with E-state index < -0.39 is 0 Å². The number of nitrogens with two attached hydrogens (primary N) is 2.